The molecule has 0 spiro atoms. The highest BCUT2D eigenvalue weighted by atomic mass is 16.5. The summed E-state index contributed by atoms with van der Waals surface area (Å²) in [4.78, 5) is 23.8. The molecule has 0 fully saturated rings. The lowest BCUT2D eigenvalue weighted by Crippen LogP contribution is -2.35. The van der Waals surface area contributed by atoms with Gasteiger partial charge in [0.05, 0.1) is 11.3 Å². The van der Waals surface area contributed by atoms with Gasteiger partial charge in [-0.25, -0.2) is 0 Å². The molecule has 22 heavy (non-hydrogen) atoms. The number of aryl methyl sites for hydroxylation is 2. The van der Waals surface area contributed by atoms with Crippen LogP contribution in [0.4, 0.5) is 0 Å². The lowest BCUT2D eigenvalue weighted by atomic mass is 10.2. The van der Waals surface area contributed by atoms with E-state index in [0.29, 0.717) is 17.0 Å². The third kappa shape index (κ3) is 3.43. The van der Waals surface area contributed by atoms with Crippen molar-refractivity contribution in [2.24, 2.45) is 0 Å². The summed E-state index contributed by atoms with van der Waals surface area (Å²) in [5.41, 5.74) is 1.12. The van der Waals surface area contributed by atoms with E-state index >= 15 is 0 Å². The first-order valence-electron chi connectivity index (χ1n) is 6.78. The second kappa shape index (κ2) is 6.75. The third-order valence-electron chi connectivity index (χ3n) is 3.11. The predicted molar refractivity (Wildman–Crippen MR) is 78.8 cm³/mol. The Morgan fingerprint density at radius 3 is 2.36 bits per heavy atom. The van der Waals surface area contributed by atoms with Crippen LogP contribution in [0.5, 0.6) is 5.75 Å². The van der Waals surface area contributed by atoms with E-state index in [2.05, 4.69) is 15.8 Å². The summed E-state index contributed by atoms with van der Waals surface area (Å²) >= 11 is 0. The summed E-state index contributed by atoms with van der Waals surface area (Å²) in [5.74, 6) is -0.328. The van der Waals surface area contributed by atoms with Gasteiger partial charge in [-0.15, -0.1) is 0 Å². The summed E-state index contributed by atoms with van der Waals surface area (Å²) in [6.07, 6.45) is 0. The molecule has 0 radical (unpaired) electrons. The molecule has 0 bridgehead atoms. The van der Waals surface area contributed by atoms with Crippen molar-refractivity contribution in [1.29, 1.82) is 0 Å². The van der Waals surface area contributed by atoms with Gasteiger partial charge in [-0.05, 0) is 26.0 Å². The molecule has 0 aliphatic heterocycles. The van der Waals surface area contributed by atoms with Crippen molar-refractivity contribution in [2.45, 2.75) is 13.8 Å². The molecule has 0 aliphatic rings. The number of carbonyl (C=O) groups excluding carboxylic acids is 2. The first-order chi connectivity index (χ1) is 10.5. The summed E-state index contributed by atoms with van der Waals surface area (Å²) in [7, 11) is 0. The molecule has 2 amide bonds. The van der Waals surface area contributed by atoms with E-state index in [0.717, 1.165) is 0 Å². The molecule has 2 aromatic rings. The Bertz CT molecular complexity index is 674. The molecule has 7 heteroatoms. The van der Waals surface area contributed by atoms with E-state index in [-0.39, 0.29) is 30.3 Å². The van der Waals surface area contributed by atoms with Crippen LogP contribution in [-0.4, -0.2) is 35.2 Å². The topological polar surface area (TPSA) is 104 Å². The van der Waals surface area contributed by atoms with E-state index < -0.39 is 5.91 Å². The number of benzene rings is 1. The van der Waals surface area contributed by atoms with Crippen LogP contribution in [0.2, 0.25) is 0 Å². The highest BCUT2D eigenvalue weighted by molar-refractivity contribution is 5.97. The second-order valence-corrected chi connectivity index (χ2v) is 4.73. The van der Waals surface area contributed by atoms with E-state index in [4.69, 9.17) is 4.52 Å². The van der Waals surface area contributed by atoms with Gasteiger partial charge in [0, 0.05) is 13.1 Å². The Balaban J connectivity index is 1.81. The summed E-state index contributed by atoms with van der Waals surface area (Å²) in [6, 6.07) is 6.26. The van der Waals surface area contributed by atoms with Crippen LogP contribution in [0.25, 0.3) is 0 Å². The molecule has 2 rings (SSSR count). The van der Waals surface area contributed by atoms with Gasteiger partial charge in [0.1, 0.15) is 17.1 Å². The summed E-state index contributed by atoms with van der Waals surface area (Å²) in [6.45, 7) is 3.84. The largest absolute Gasteiger partial charge is 0.507 e. The number of hydrogen-bond acceptors (Lipinski definition) is 5. The fraction of sp³-hybridized carbons (Fsp3) is 0.267. The number of carbonyl (C=O) groups is 2. The van der Waals surface area contributed by atoms with Crippen LogP contribution in [0, 0.1) is 13.8 Å². The zero-order valence-electron chi connectivity index (χ0n) is 12.3. The summed E-state index contributed by atoms with van der Waals surface area (Å²) < 4.78 is 4.92. The van der Waals surface area contributed by atoms with Gasteiger partial charge in [0.15, 0.2) is 0 Å². The van der Waals surface area contributed by atoms with Gasteiger partial charge >= 0.3 is 0 Å². The Morgan fingerprint density at radius 2 is 1.77 bits per heavy atom. The van der Waals surface area contributed by atoms with Gasteiger partial charge in [-0.1, -0.05) is 17.3 Å². The molecule has 0 unspecified atom stereocenters. The van der Waals surface area contributed by atoms with E-state index in [1.54, 1.807) is 26.0 Å². The number of aromatic hydroxyl groups is 1. The standard InChI is InChI=1S/C15H17N3O4/c1-9-13(10(2)22-18-9)15(21)17-8-7-16-14(20)11-5-3-4-6-12(11)19/h3-6,19H,7-8H2,1-2H3,(H,16,20)(H,17,21). The van der Waals surface area contributed by atoms with Crippen molar-refractivity contribution in [3.63, 3.8) is 0 Å². The van der Waals surface area contributed by atoms with Crippen molar-refractivity contribution in [2.75, 3.05) is 13.1 Å². The molecular weight excluding hydrogens is 286 g/mol. The number of para-hydroxylation sites is 1. The first kappa shape index (κ1) is 15.6. The van der Waals surface area contributed by atoms with Crippen molar-refractivity contribution >= 4 is 11.8 Å². The molecule has 0 saturated carbocycles. The molecule has 116 valence electrons. The number of amides is 2. The molecule has 7 nitrogen and oxygen atoms in total. The van der Waals surface area contributed by atoms with Crippen LogP contribution >= 0.6 is 0 Å². The van der Waals surface area contributed by atoms with E-state index in [9.17, 15) is 14.7 Å². The minimum absolute atomic E-state index is 0.0836. The summed E-state index contributed by atoms with van der Waals surface area (Å²) in [5, 5.41) is 18.6. The van der Waals surface area contributed by atoms with Gasteiger partial charge in [0.2, 0.25) is 0 Å². The molecule has 0 saturated heterocycles. The highest BCUT2D eigenvalue weighted by Crippen LogP contribution is 2.14. The van der Waals surface area contributed by atoms with Gasteiger partial charge in [-0.3, -0.25) is 9.59 Å². The molecule has 1 aromatic carbocycles. The Morgan fingerprint density at radius 1 is 1.14 bits per heavy atom. The molecular formula is C15H17N3O4. The normalized spacial score (nSPS) is 10.3. The molecule has 1 aromatic heterocycles. The monoisotopic (exact) mass is 303 g/mol. The zero-order chi connectivity index (χ0) is 16.1. The Kier molecular flexibility index (Phi) is 4.77. The lowest BCUT2D eigenvalue weighted by Gasteiger charge is -2.08. The van der Waals surface area contributed by atoms with Crippen LogP contribution in [0.15, 0.2) is 28.8 Å². The SMILES string of the molecule is Cc1noc(C)c1C(=O)NCCNC(=O)c1ccccc1O. The van der Waals surface area contributed by atoms with Crippen LogP contribution in [-0.2, 0) is 0 Å². The predicted octanol–water partition coefficient (Wildman–Crippen LogP) is 1.16. The van der Waals surface area contributed by atoms with Gasteiger partial charge in [0.25, 0.3) is 11.8 Å². The van der Waals surface area contributed by atoms with E-state index in [1.165, 1.54) is 12.1 Å². The fourth-order valence-electron chi connectivity index (χ4n) is 2.01. The maximum atomic E-state index is 12.0. The van der Waals surface area contributed by atoms with Crippen molar-refractivity contribution in [3.05, 3.63) is 46.8 Å². The molecule has 3 N–H and O–H groups in total. The van der Waals surface area contributed by atoms with Crippen molar-refractivity contribution < 1.29 is 19.2 Å². The maximum Gasteiger partial charge on any atom is 0.256 e. The number of phenols is 1. The highest BCUT2D eigenvalue weighted by Gasteiger charge is 2.17. The lowest BCUT2D eigenvalue weighted by molar-refractivity contribution is 0.0925. The average molecular weight is 303 g/mol. The number of nitrogens with zero attached hydrogens (tertiary/aromatic N) is 1. The number of phenolic OH excluding ortho intramolecular Hbond substituents is 1. The van der Waals surface area contributed by atoms with Crippen molar-refractivity contribution in [1.82, 2.24) is 15.8 Å². The molecule has 0 atom stereocenters. The van der Waals surface area contributed by atoms with Crippen LogP contribution < -0.4 is 10.6 Å². The van der Waals surface area contributed by atoms with Gasteiger partial charge < -0.3 is 20.3 Å². The van der Waals surface area contributed by atoms with Gasteiger partial charge in [-0.2, -0.15) is 0 Å². The Labute approximate surface area is 127 Å². The minimum Gasteiger partial charge on any atom is -0.507 e. The Hall–Kier alpha value is -2.83. The number of rotatable bonds is 5. The first-order valence-corrected chi connectivity index (χ1v) is 6.78. The van der Waals surface area contributed by atoms with Crippen LogP contribution in [0.1, 0.15) is 32.2 Å². The second-order valence-electron chi connectivity index (χ2n) is 4.73. The minimum atomic E-state index is -0.398. The quantitative estimate of drug-likeness (QED) is 0.719. The average Bonchev–Trinajstić information content (AvgIpc) is 2.83. The maximum absolute atomic E-state index is 12.0. The number of aromatic nitrogens is 1. The number of hydrogen-bond donors (Lipinski definition) is 3. The molecule has 1 heterocycles. The van der Waals surface area contributed by atoms with Crippen molar-refractivity contribution in [3.8, 4) is 5.75 Å². The van der Waals surface area contributed by atoms with Crippen LogP contribution in [0.3, 0.4) is 0 Å². The molecule has 0 aliphatic carbocycles. The third-order valence-corrected chi connectivity index (χ3v) is 3.11. The fourth-order valence-corrected chi connectivity index (χ4v) is 2.01. The van der Waals surface area contributed by atoms with E-state index in [1.807, 2.05) is 0 Å². The number of nitrogens with one attached hydrogen (secondary N) is 2. The zero-order valence-corrected chi connectivity index (χ0v) is 12.3. The smallest absolute Gasteiger partial charge is 0.256 e.